The number of urea groups is 1. The topological polar surface area (TPSA) is 96.2 Å². The third-order valence-corrected chi connectivity index (χ3v) is 2.91. The number of halogens is 1. The van der Waals surface area contributed by atoms with Crippen molar-refractivity contribution >= 4 is 29.3 Å². The molecule has 8 heteroatoms. The normalized spacial score (nSPS) is 10.2. The van der Waals surface area contributed by atoms with E-state index in [0.717, 1.165) is 5.56 Å². The van der Waals surface area contributed by atoms with Gasteiger partial charge in [-0.15, -0.1) is 0 Å². The molecule has 0 saturated carbocycles. The fourth-order valence-corrected chi connectivity index (χ4v) is 1.89. The number of carbonyl (C=O) groups excluding carboxylic acids is 1. The molecule has 1 aromatic carbocycles. The number of anilines is 1. The van der Waals surface area contributed by atoms with Crippen molar-refractivity contribution in [3.05, 3.63) is 46.7 Å². The van der Waals surface area contributed by atoms with Gasteiger partial charge in [0, 0.05) is 30.4 Å². The van der Waals surface area contributed by atoms with Gasteiger partial charge in [0.25, 0.3) is 0 Å². The Hall–Kier alpha value is -2.54. The second kappa shape index (κ2) is 6.27. The third kappa shape index (κ3) is 3.96. The molecule has 0 aliphatic carbocycles. The first kappa shape index (κ1) is 14.9. The number of nitrogens with zero attached hydrogens (tertiary/aromatic N) is 2. The Morgan fingerprint density at radius 1 is 1.43 bits per heavy atom. The van der Waals surface area contributed by atoms with Crippen LogP contribution in [-0.2, 0) is 13.6 Å². The molecule has 1 aromatic heterocycles. The smallest absolute Gasteiger partial charge is 0.337 e. The molecule has 1 heterocycles. The van der Waals surface area contributed by atoms with E-state index < -0.39 is 12.0 Å². The number of amides is 2. The molecule has 0 saturated heterocycles. The molecule has 0 spiro atoms. The minimum absolute atomic E-state index is 0.0703. The molecule has 0 atom stereocenters. The number of rotatable bonds is 4. The van der Waals surface area contributed by atoms with Crippen LogP contribution in [0.25, 0.3) is 0 Å². The van der Waals surface area contributed by atoms with Crippen molar-refractivity contribution in [3.63, 3.8) is 0 Å². The highest BCUT2D eigenvalue weighted by Gasteiger charge is 2.13. The Bertz CT molecular complexity index is 684. The maximum Gasteiger partial charge on any atom is 0.337 e. The molecule has 21 heavy (non-hydrogen) atoms. The predicted molar refractivity (Wildman–Crippen MR) is 77.5 cm³/mol. The summed E-state index contributed by atoms with van der Waals surface area (Å²) >= 11 is 5.74. The van der Waals surface area contributed by atoms with Gasteiger partial charge in [-0.25, -0.2) is 9.59 Å². The molecule has 2 amide bonds. The van der Waals surface area contributed by atoms with E-state index in [0.29, 0.717) is 0 Å². The van der Waals surface area contributed by atoms with E-state index in [1.165, 1.54) is 18.2 Å². The van der Waals surface area contributed by atoms with Gasteiger partial charge in [-0.2, -0.15) is 5.10 Å². The molecule has 3 N–H and O–H groups in total. The number of benzene rings is 1. The highest BCUT2D eigenvalue weighted by molar-refractivity contribution is 6.31. The second-order valence-corrected chi connectivity index (χ2v) is 4.76. The Kier molecular flexibility index (Phi) is 4.44. The van der Waals surface area contributed by atoms with Crippen molar-refractivity contribution < 1.29 is 14.7 Å². The quantitative estimate of drug-likeness (QED) is 0.805. The van der Waals surface area contributed by atoms with Gasteiger partial charge in [0.2, 0.25) is 0 Å². The molecule has 0 aliphatic heterocycles. The number of aryl methyl sites for hydroxylation is 1. The van der Waals surface area contributed by atoms with Crippen LogP contribution in [0.5, 0.6) is 0 Å². The van der Waals surface area contributed by atoms with Gasteiger partial charge in [-0.05, 0) is 18.2 Å². The summed E-state index contributed by atoms with van der Waals surface area (Å²) in [5.41, 5.74) is 0.942. The van der Waals surface area contributed by atoms with Gasteiger partial charge in [0.05, 0.1) is 17.4 Å². The van der Waals surface area contributed by atoms with Gasteiger partial charge in [0.15, 0.2) is 0 Å². The van der Waals surface area contributed by atoms with E-state index in [1.807, 2.05) is 0 Å². The fraction of sp³-hybridized carbons (Fsp3) is 0.154. The van der Waals surface area contributed by atoms with Crippen LogP contribution in [0.3, 0.4) is 0 Å². The summed E-state index contributed by atoms with van der Waals surface area (Å²) in [5.74, 6) is -1.17. The summed E-state index contributed by atoms with van der Waals surface area (Å²) in [6, 6.07) is 3.71. The Morgan fingerprint density at radius 2 is 2.19 bits per heavy atom. The van der Waals surface area contributed by atoms with E-state index in [-0.39, 0.29) is 22.8 Å². The van der Waals surface area contributed by atoms with Crippen LogP contribution in [0.4, 0.5) is 10.5 Å². The Labute approximate surface area is 125 Å². The van der Waals surface area contributed by atoms with Gasteiger partial charge < -0.3 is 15.7 Å². The summed E-state index contributed by atoms with van der Waals surface area (Å²) in [6.07, 6.45) is 3.40. The van der Waals surface area contributed by atoms with Crippen molar-refractivity contribution in [2.45, 2.75) is 6.54 Å². The molecule has 2 aromatic rings. The maximum absolute atomic E-state index is 11.8. The predicted octanol–water partition coefficient (Wildman–Crippen LogP) is 2.09. The summed E-state index contributed by atoms with van der Waals surface area (Å²) < 4.78 is 1.62. The van der Waals surface area contributed by atoms with Gasteiger partial charge in [-0.1, -0.05) is 11.6 Å². The zero-order valence-corrected chi connectivity index (χ0v) is 11.9. The zero-order chi connectivity index (χ0) is 15.4. The van der Waals surface area contributed by atoms with Crippen molar-refractivity contribution in [2.75, 3.05) is 5.32 Å². The molecular weight excluding hydrogens is 296 g/mol. The number of carbonyl (C=O) groups is 2. The van der Waals surface area contributed by atoms with Crippen molar-refractivity contribution in [1.82, 2.24) is 15.1 Å². The van der Waals surface area contributed by atoms with Crippen molar-refractivity contribution in [3.8, 4) is 0 Å². The van der Waals surface area contributed by atoms with E-state index in [9.17, 15) is 9.59 Å². The highest BCUT2D eigenvalue weighted by atomic mass is 35.5. The van der Waals surface area contributed by atoms with E-state index in [4.69, 9.17) is 16.7 Å². The van der Waals surface area contributed by atoms with Crippen LogP contribution in [-0.4, -0.2) is 26.9 Å². The molecule has 0 unspecified atom stereocenters. The Morgan fingerprint density at radius 3 is 2.81 bits per heavy atom. The SMILES string of the molecule is Cn1cc(CNC(=O)Nc2ccc(Cl)cc2C(=O)O)cn1. The van der Waals surface area contributed by atoms with E-state index >= 15 is 0 Å². The number of hydrogen-bond donors (Lipinski definition) is 3. The molecule has 7 nitrogen and oxygen atoms in total. The lowest BCUT2D eigenvalue weighted by molar-refractivity contribution is 0.0698. The summed E-state index contributed by atoms with van der Waals surface area (Å²) in [5, 5.41) is 18.4. The summed E-state index contributed by atoms with van der Waals surface area (Å²) in [6.45, 7) is 0.287. The first-order valence-corrected chi connectivity index (χ1v) is 6.38. The molecule has 0 fully saturated rings. The summed E-state index contributed by atoms with van der Waals surface area (Å²) in [4.78, 5) is 22.9. The summed E-state index contributed by atoms with van der Waals surface area (Å²) in [7, 11) is 1.77. The molecule has 0 bridgehead atoms. The van der Waals surface area contributed by atoms with Gasteiger partial charge in [-0.3, -0.25) is 4.68 Å². The lowest BCUT2D eigenvalue weighted by atomic mass is 10.2. The molecular formula is C13H13ClN4O3. The first-order valence-electron chi connectivity index (χ1n) is 6.01. The largest absolute Gasteiger partial charge is 0.478 e. The monoisotopic (exact) mass is 308 g/mol. The first-order chi connectivity index (χ1) is 9.95. The maximum atomic E-state index is 11.8. The van der Waals surface area contributed by atoms with E-state index in [1.54, 1.807) is 24.1 Å². The Balaban J connectivity index is 2.01. The number of carboxylic acids is 1. The molecule has 0 aliphatic rings. The van der Waals surface area contributed by atoms with Crippen LogP contribution in [0.1, 0.15) is 15.9 Å². The number of hydrogen-bond acceptors (Lipinski definition) is 3. The lowest BCUT2D eigenvalue weighted by Crippen LogP contribution is -2.28. The number of carboxylic acid groups (broad SMARTS) is 1. The van der Waals surface area contributed by atoms with Crippen LogP contribution in [0.2, 0.25) is 5.02 Å². The lowest BCUT2D eigenvalue weighted by Gasteiger charge is -2.09. The molecule has 2 rings (SSSR count). The van der Waals surface area contributed by atoms with Crippen LogP contribution in [0, 0.1) is 0 Å². The number of aromatic nitrogens is 2. The van der Waals surface area contributed by atoms with Crippen LogP contribution < -0.4 is 10.6 Å². The fourth-order valence-electron chi connectivity index (χ4n) is 1.71. The van der Waals surface area contributed by atoms with Crippen LogP contribution in [0.15, 0.2) is 30.6 Å². The average Bonchev–Trinajstić information content (AvgIpc) is 2.84. The highest BCUT2D eigenvalue weighted by Crippen LogP contribution is 2.20. The zero-order valence-electron chi connectivity index (χ0n) is 11.1. The van der Waals surface area contributed by atoms with Gasteiger partial charge in [0.1, 0.15) is 0 Å². The van der Waals surface area contributed by atoms with Crippen molar-refractivity contribution in [1.29, 1.82) is 0 Å². The molecule has 110 valence electrons. The molecule has 0 radical (unpaired) electrons. The minimum Gasteiger partial charge on any atom is -0.478 e. The van der Waals surface area contributed by atoms with Crippen LogP contribution >= 0.6 is 11.6 Å². The second-order valence-electron chi connectivity index (χ2n) is 4.32. The standard InChI is InChI=1S/C13H13ClN4O3/c1-18-7-8(6-16-18)5-15-13(21)17-11-3-2-9(14)4-10(11)12(19)20/h2-4,6-7H,5H2,1H3,(H,19,20)(H2,15,17,21). The average molecular weight is 309 g/mol. The number of aromatic carboxylic acids is 1. The van der Waals surface area contributed by atoms with Crippen molar-refractivity contribution in [2.24, 2.45) is 7.05 Å². The van der Waals surface area contributed by atoms with Gasteiger partial charge >= 0.3 is 12.0 Å². The van der Waals surface area contributed by atoms with E-state index in [2.05, 4.69) is 15.7 Å². The third-order valence-electron chi connectivity index (χ3n) is 2.67. The number of nitrogens with one attached hydrogen (secondary N) is 2. The minimum atomic E-state index is -1.17.